The van der Waals surface area contributed by atoms with Gasteiger partial charge in [0.1, 0.15) is 0 Å². The minimum Gasteiger partial charge on any atom is -0.303 e. The normalized spacial score (nSPS) is 17.8. The molecule has 0 atom stereocenters. The van der Waals surface area contributed by atoms with Crippen LogP contribution < -0.4 is 5.32 Å². The van der Waals surface area contributed by atoms with Crippen molar-refractivity contribution in [3.63, 3.8) is 0 Å². The topological polar surface area (TPSA) is 53.8 Å². The molecular weight excluding hydrogens is 335 g/mol. The molecule has 114 valence electrons. The van der Waals surface area contributed by atoms with Crippen LogP contribution in [0.3, 0.4) is 0 Å². The van der Waals surface area contributed by atoms with E-state index in [1.807, 2.05) is 0 Å². The van der Waals surface area contributed by atoms with Gasteiger partial charge in [-0.05, 0) is 6.07 Å². The van der Waals surface area contributed by atoms with Gasteiger partial charge in [-0.15, -0.1) is 16.4 Å². The van der Waals surface area contributed by atoms with Crippen molar-refractivity contribution in [1.29, 1.82) is 0 Å². The molecule has 2 heterocycles. The summed E-state index contributed by atoms with van der Waals surface area (Å²) in [5, 5.41) is 11.6. The van der Waals surface area contributed by atoms with Gasteiger partial charge in [0.25, 0.3) is 0 Å². The highest BCUT2D eigenvalue weighted by atomic mass is 32.2. The summed E-state index contributed by atoms with van der Waals surface area (Å²) < 4.78 is 39.6. The molecule has 0 bridgehead atoms. The van der Waals surface area contributed by atoms with E-state index in [-0.39, 0.29) is 17.0 Å². The van der Waals surface area contributed by atoms with Crippen molar-refractivity contribution in [3.8, 4) is 0 Å². The smallest absolute Gasteiger partial charge is 0.303 e. The van der Waals surface area contributed by atoms with E-state index in [0.29, 0.717) is 15.4 Å². The lowest BCUT2D eigenvalue weighted by molar-refractivity contribution is -0.136. The predicted octanol–water partition coefficient (Wildman–Crippen LogP) is 3.47. The fourth-order valence-electron chi connectivity index (χ4n) is 1.95. The van der Waals surface area contributed by atoms with Crippen LogP contribution in [0.2, 0.25) is 0 Å². The molecule has 9 heteroatoms. The minimum atomic E-state index is -4.41. The molecule has 0 unspecified atom stereocenters. The lowest BCUT2D eigenvalue weighted by atomic mass is 10.1. The van der Waals surface area contributed by atoms with Crippen molar-refractivity contribution >= 4 is 50.5 Å². The highest BCUT2D eigenvalue weighted by Gasteiger charge is 2.34. The highest BCUT2D eigenvalue weighted by molar-refractivity contribution is 8.15. The Morgan fingerprint density at radius 3 is 2.82 bits per heavy atom. The molecule has 0 radical (unpaired) electrons. The van der Waals surface area contributed by atoms with Gasteiger partial charge in [0.2, 0.25) is 5.91 Å². The number of fused-ring (bicyclic) bond motifs is 1. The third-order valence-corrected chi connectivity index (χ3v) is 4.68. The van der Waals surface area contributed by atoms with Crippen LogP contribution in [0.5, 0.6) is 0 Å². The van der Waals surface area contributed by atoms with Crippen molar-refractivity contribution in [2.75, 3.05) is 5.75 Å². The number of thiophene rings is 1. The van der Waals surface area contributed by atoms with E-state index in [4.69, 9.17) is 0 Å². The SMILES string of the molecule is O=C1CSC(=NN=Cc2cccc3scc(C(F)(F)F)c23)N1. The predicted molar refractivity (Wildman–Crippen MR) is 82.5 cm³/mol. The second kappa shape index (κ2) is 5.73. The second-order valence-corrected chi connectivity index (χ2v) is 6.23. The number of hydrogen-bond acceptors (Lipinski definition) is 5. The maximum absolute atomic E-state index is 13.0. The molecule has 0 aliphatic carbocycles. The molecule has 22 heavy (non-hydrogen) atoms. The first-order valence-electron chi connectivity index (χ1n) is 6.06. The zero-order valence-corrected chi connectivity index (χ0v) is 12.5. The number of benzene rings is 1. The zero-order valence-electron chi connectivity index (χ0n) is 10.8. The van der Waals surface area contributed by atoms with Gasteiger partial charge in [0.05, 0.1) is 17.5 Å². The molecule has 1 N–H and O–H groups in total. The number of amidine groups is 1. The summed E-state index contributed by atoms with van der Waals surface area (Å²) in [7, 11) is 0. The number of alkyl halides is 3. The summed E-state index contributed by atoms with van der Waals surface area (Å²) in [6, 6.07) is 4.85. The van der Waals surface area contributed by atoms with Crippen molar-refractivity contribution in [1.82, 2.24) is 5.32 Å². The van der Waals surface area contributed by atoms with Crippen molar-refractivity contribution in [2.45, 2.75) is 6.18 Å². The molecule has 1 saturated heterocycles. The lowest BCUT2D eigenvalue weighted by Gasteiger charge is -2.06. The van der Waals surface area contributed by atoms with Gasteiger partial charge in [0, 0.05) is 21.0 Å². The van der Waals surface area contributed by atoms with E-state index >= 15 is 0 Å². The molecule has 1 fully saturated rings. The number of carbonyl (C=O) groups is 1. The van der Waals surface area contributed by atoms with Gasteiger partial charge >= 0.3 is 6.18 Å². The summed E-state index contributed by atoms with van der Waals surface area (Å²) in [6.07, 6.45) is -3.15. The van der Waals surface area contributed by atoms with Crippen LogP contribution in [-0.4, -0.2) is 23.0 Å². The summed E-state index contributed by atoms with van der Waals surface area (Å²) >= 11 is 2.23. The summed E-state index contributed by atoms with van der Waals surface area (Å²) in [5.74, 6) is 0.102. The van der Waals surface area contributed by atoms with E-state index in [1.165, 1.54) is 18.0 Å². The van der Waals surface area contributed by atoms with Crippen LogP contribution >= 0.6 is 23.1 Å². The number of nitrogens with zero attached hydrogens (tertiary/aromatic N) is 2. The van der Waals surface area contributed by atoms with E-state index in [9.17, 15) is 18.0 Å². The van der Waals surface area contributed by atoms with Crippen molar-refractivity contribution < 1.29 is 18.0 Å². The average molecular weight is 343 g/mol. The molecular formula is C13H8F3N3OS2. The van der Waals surface area contributed by atoms with Crippen LogP contribution in [0.4, 0.5) is 13.2 Å². The maximum atomic E-state index is 13.0. The van der Waals surface area contributed by atoms with Crippen LogP contribution in [-0.2, 0) is 11.0 Å². The number of hydrogen-bond donors (Lipinski definition) is 1. The Labute approximate surface area is 131 Å². The van der Waals surface area contributed by atoms with Gasteiger partial charge in [-0.1, -0.05) is 23.9 Å². The number of amides is 1. The van der Waals surface area contributed by atoms with Crippen LogP contribution in [0.15, 0.2) is 33.8 Å². The summed E-state index contributed by atoms with van der Waals surface area (Å²) in [6.45, 7) is 0. The van der Waals surface area contributed by atoms with E-state index in [1.54, 1.807) is 18.2 Å². The van der Waals surface area contributed by atoms with E-state index in [2.05, 4.69) is 15.5 Å². The Kier molecular flexibility index (Phi) is 3.92. The molecule has 2 aromatic rings. The first-order chi connectivity index (χ1) is 10.4. The molecule has 1 amide bonds. The third-order valence-electron chi connectivity index (χ3n) is 2.87. The lowest BCUT2D eigenvalue weighted by Crippen LogP contribution is -2.19. The summed E-state index contributed by atoms with van der Waals surface area (Å²) in [4.78, 5) is 11.0. The molecule has 4 nitrogen and oxygen atoms in total. The first kappa shape index (κ1) is 15.0. The number of carbonyl (C=O) groups excluding carboxylic acids is 1. The van der Waals surface area contributed by atoms with Crippen LogP contribution in [0.1, 0.15) is 11.1 Å². The molecule has 1 aromatic heterocycles. The third kappa shape index (κ3) is 3.00. The Balaban J connectivity index is 1.97. The molecule has 0 spiro atoms. The number of halogens is 3. The Morgan fingerprint density at radius 2 is 2.14 bits per heavy atom. The van der Waals surface area contributed by atoms with Crippen molar-refractivity contribution in [3.05, 3.63) is 34.7 Å². The molecule has 3 rings (SSSR count). The quantitative estimate of drug-likeness (QED) is 0.670. The van der Waals surface area contributed by atoms with Gasteiger partial charge in [-0.25, -0.2) is 0 Å². The number of nitrogens with one attached hydrogen (secondary N) is 1. The van der Waals surface area contributed by atoms with Crippen LogP contribution in [0, 0.1) is 0 Å². The molecule has 0 saturated carbocycles. The average Bonchev–Trinajstić information content (AvgIpc) is 3.05. The minimum absolute atomic E-state index is 0.118. The first-order valence-corrected chi connectivity index (χ1v) is 7.93. The van der Waals surface area contributed by atoms with Gasteiger partial charge in [-0.3, -0.25) is 4.79 Å². The molecule has 1 aliphatic heterocycles. The van der Waals surface area contributed by atoms with E-state index in [0.717, 1.165) is 16.7 Å². The Morgan fingerprint density at radius 1 is 1.32 bits per heavy atom. The second-order valence-electron chi connectivity index (χ2n) is 4.35. The van der Waals surface area contributed by atoms with Crippen LogP contribution in [0.25, 0.3) is 10.1 Å². The Hall–Kier alpha value is -1.87. The number of thioether (sulfide) groups is 1. The fraction of sp³-hybridized carbons (Fsp3) is 0.154. The molecule has 1 aromatic carbocycles. The maximum Gasteiger partial charge on any atom is 0.417 e. The van der Waals surface area contributed by atoms with Crippen molar-refractivity contribution in [2.24, 2.45) is 10.2 Å². The largest absolute Gasteiger partial charge is 0.417 e. The molecule has 1 aliphatic rings. The van der Waals surface area contributed by atoms with E-state index < -0.39 is 11.7 Å². The van der Waals surface area contributed by atoms with Gasteiger partial charge in [-0.2, -0.15) is 18.3 Å². The fourth-order valence-corrected chi connectivity index (χ4v) is 3.58. The highest BCUT2D eigenvalue weighted by Crippen LogP contribution is 2.39. The standard InChI is InChI=1S/C13H8F3N3OS2/c14-13(15,16)8-5-21-9-3-1-2-7(11(8)9)4-17-19-12-18-10(20)6-22-12/h1-5H,6H2,(H,18,19,20). The van der Waals surface area contributed by atoms with Gasteiger partial charge < -0.3 is 5.32 Å². The number of rotatable bonds is 2. The zero-order chi connectivity index (χ0) is 15.7. The summed E-state index contributed by atoms with van der Waals surface area (Å²) in [5.41, 5.74) is -0.338. The monoisotopic (exact) mass is 343 g/mol. The Bertz CT molecular complexity index is 795. The van der Waals surface area contributed by atoms with Gasteiger partial charge in [0.15, 0.2) is 5.17 Å².